The highest BCUT2D eigenvalue weighted by atomic mass is 16.3. The highest BCUT2D eigenvalue weighted by molar-refractivity contribution is 5.01. The van der Waals surface area contributed by atoms with Crippen LogP contribution in [0.4, 0.5) is 0 Å². The van der Waals surface area contributed by atoms with Gasteiger partial charge in [-0.15, -0.1) is 0 Å². The number of fused-ring (bicyclic) bond motifs is 1. The van der Waals surface area contributed by atoms with Crippen LogP contribution in [-0.2, 0) is 0 Å². The summed E-state index contributed by atoms with van der Waals surface area (Å²) in [6.45, 7) is 4.78. The molecule has 15 heavy (non-hydrogen) atoms. The number of hydrogen-bond donors (Lipinski definition) is 2. The van der Waals surface area contributed by atoms with Gasteiger partial charge in [0.1, 0.15) is 0 Å². The monoisotopic (exact) mass is 212 g/mol. The third-order valence-electron chi connectivity index (χ3n) is 5.14. The lowest BCUT2D eigenvalue weighted by atomic mass is 9.62. The van der Waals surface area contributed by atoms with Gasteiger partial charge in [-0.05, 0) is 48.9 Å². The minimum Gasteiger partial charge on any atom is -0.396 e. The van der Waals surface area contributed by atoms with Crippen molar-refractivity contribution < 1.29 is 10.2 Å². The summed E-state index contributed by atoms with van der Waals surface area (Å²) >= 11 is 0. The Morgan fingerprint density at radius 2 is 2.07 bits per heavy atom. The Hall–Kier alpha value is -0.0800. The molecule has 0 amide bonds. The number of hydrogen-bond acceptors (Lipinski definition) is 2. The lowest BCUT2D eigenvalue weighted by molar-refractivity contribution is -0.0321. The maximum atomic E-state index is 10.1. The highest BCUT2D eigenvalue weighted by Gasteiger charge is 2.51. The van der Waals surface area contributed by atoms with Crippen molar-refractivity contribution in [2.45, 2.75) is 52.1 Å². The summed E-state index contributed by atoms with van der Waals surface area (Å²) in [5, 5.41) is 19.4. The fourth-order valence-corrected chi connectivity index (χ4v) is 4.25. The predicted octanol–water partition coefficient (Wildman–Crippen LogP) is 2.19. The lowest BCUT2D eigenvalue weighted by Crippen LogP contribution is -2.41. The molecule has 0 saturated heterocycles. The van der Waals surface area contributed by atoms with Gasteiger partial charge in [0.05, 0.1) is 6.10 Å². The number of aliphatic hydroxyl groups is 2. The molecular formula is C13H24O2. The van der Waals surface area contributed by atoms with Crippen molar-refractivity contribution in [1.29, 1.82) is 0 Å². The van der Waals surface area contributed by atoms with Crippen LogP contribution < -0.4 is 0 Å². The normalized spacial score (nSPS) is 47.6. The second-order valence-electron chi connectivity index (χ2n) is 5.92. The van der Waals surface area contributed by atoms with Gasteiger partial charge in [0.15, 0.2) is 0 Å². The molecule has 2 aliphatic carbocycles. The van der Waals surface area contributed by atoms with E-state index in [1.54, 1.807) is 0 Å². The van der Waals surface area contributed by atoms with Gasteiger partial charge in [-0.2, -0.15) is 0 Å². The van der Waals surface area contributed by atoms with E-state index in [-0.39, 0.29) is 6.10 Å². The van der Waals surface area contributed by atoms with Crippen molar-refractivity contribution >= 4 is 0 Å². The highest BCUT2D eigenvalue weighted by Crippen LogP contribution is 2.57. The Bertz CT molecular complexity index is 229. The van der Waals surface area contributed by atoms with E-state index < -0.39 is 0 Å². The molecule has 2 fully saturated rings. The Balaban J connectivity index is 2.17. The molecule has 0 aromatic carbocycles. The molecule has 0 aromatic rings. The molecule has 2 saturated carbocycles. The quantitative estimate of drug-likeness (QED) is 0.736. The van der Waals surface area contributed by atoms with E-state index in [1.807, 2.05) is 0 Å². The van der Waals surface area contributed by atoms with Gasteiger partial charge in [-0.25, -0.2) is 0 Å². The smallest absolute Gasteiger partial charge is 0.0573 e. The molecule has 1 unspecified atom stereocenters. The van der Waals surface area contributed by atoms with E-state index >= 15 is 0 Å². The van der Waals surface area contributed by atoms with Crippen LogP contribution >= 0.6 is 0 Å². The molecular weight excluding hydrogens is 188 g/mol. The van der Waals surface area contributed by atoms with Crippen LogP contribution in [0.3, 0.4) is 0 Å². The van der Waals surface area contributed by atoms with Crippen LogP contribution in [-0.4, -0.2) is 22.9 Å². The van der Waals surface area contributed by atoms with Gasteiger partial charge in [-0.3, -0.25) is 0 Å². The Kier molecular flexibility index (Phi) is 3.09. The van der Waals surface area contributed by atoms with Crippen LogP contribution in [0.2, 0.25) is 0 Å². The summed E-state index contributed by atoms with van der Waals surface area (Å²) in [6, 6.07) is 0. The SMILES string of the molecule is C[C@@H](CO)[C@@H]1CCC2[C@H](O)CCC[C@]21C. The third-order valence-corrected chi connectivity index (χ3v) is 5.14. The molecule has 5 atom stereocenters. The summed E-state index contributed by atoms with van der Waals surface area (Å²) in [5.74, 6) is 1.50. The fraction of sp³-hybridized carbons (Fsp3) is 1.00. The topological polar surface area (TPSA) is 40.5 Å². The standard InChI is InChI=1S/C13H24O2/c1-9(8-14)10-5-6-11-12(15)4-3-7-13(10,11)2/h9-12,14-15H,3-8H2,1-2H3/t9-,10-,11?,12+,13-/m0/s1. The second kappa shape index (κ2) is 4.06. The van der Waals surface area contributed by atoms with E-state index in [9.17, 15) is 10.2 Å². The molecule has 2 nitrogen and oxygen atoms in total. The van der Waals surface area contributed by atoms with E-state index in [4.69, 9.17) is 0 Å². The van der Waals surface area contributed by atoms with Gasteiger partial charge in [0, 0.05) is 6.61 Å². The van der Waals surface area contributed by atoms with Crippen molar-refractivity contribution in [1.82, 2.24) is 0 Å². The summed E-state index contributed by atoms with van der Waals surface area (Å²) in [7, 11) is 0. The molecule has 0 aromatic heterocycles. The Morgan fingerprint density at radius 3 is 2.73 bits per heavy atom. The van der Waals surface area contributed by atoms with Gasteiger partial charge in [0.25, 0.3) is 0 Å². The second-order valence-corrected chi connectivity index (χ2v) is 5.92. The van der Waals surface area contributed by atoms with E-state index in [0.29, 0.717) is 29.8 Å². The van der Waals surface area contributed by atoms with Crippen LogP contribution in [0.5, 0.6) is 0 Å². The summed E-state index contributed by atoms with van der Waals surface area (Å²) in [5.41, 5.74) is 0.291. The van der Waals surface area contributed by atoms with Crippen molar-refractivity contribution in [2.24, 2.45) is 23.2 Å². The lowest BCUT2D eigenvalue weighted by Gasteiger charge is -2.45. The number of rotatable bonds is 2. The first-order valence-electron chi connectivity index (χ1n) is 6.38. The van der Waals surface area contributed by atoms with Crippen LogP contribution in [0.1, 0.15) is 46.0 Å². The maximum absolute atomic E-state index is 10.1. The first kappa shape index (κ1) is 11.4. The Morgan fingerprint density at radius 1 is 1.33 bits per heavy atom. The predicted molar refractivity (Wildman–Crippen MR) is 60.4 cm³/mol. The Labute approximate surface area is 92.7 Å². The summed E-state index contributed by atoms with van der Waals surface area (Å²) in [4.78, 5) is 0. The van der Waals surface area contributed by atoms with Crippen LogP contribution in [0.15, 0.2) is 0 Å². The van der Waals surface area contributed by atoms with Crippen molar-refractivity contribution in [3.8, 4) is 0 Å². The zero-order chi connectivity index (χ0) is 11.1. The number of aliphatic hydroxyl groups excluding tert-OH is 2. The fourth-order valence-electron chi connectivity index (χ4n) is 4.25. The maximum Gasteiger partial charge on any atom is 0.0573 e. The van der Waals surface area contributed by atoms with Gasteiger partial charge < -0.3 is 10.2 Å². The average Bonchev–Trinajstić information content (AvgIpc) is 2.56. The molecule has 2 N–H and O–H groups in total. The van der Waals surface area contributed by atoms with Gasteiger partial charge >= 0.3 is 0 Å². The zero-order valence-electron chi connectivity index (χ0n) is 9.95. The van der Waals surface area contributed by atoms with Gasteiger partial charge in [0.2, 0.25) is 0 Å². The molecule has 2 aliphatic rings. The first-order valence-corrected chi connectivity index (χ1v) is 6.38. The molecule has 2 heteroatoms. The molecule has 0 aliphatic heterocycles. The van der Waals surface area contributed by atoms with Gasteiger partial charge in [-0.1, -0.05) is 20.3 Å². The van der Waals surface area contributed by atoms with Crippen LogP contribution in [0, 0.1) is 23.2 Å². The summed E-state index contributed by atoms with van der Waals surface area (Å²) in [6.07, 6.45) is 5.65. The minimum atomic E-state index is -0.0837. The van der Waals surface area contributed by atoms with E-state index in [0.717, 1.165) is 19.3 Å². The summed E-state index contributed by atoms with van der Waals surface area (Å²) < 4.78 is 0. The molecule has 2 rings (SSSR count). The molecule has 0 bridgehead atoms. The van der Waals surface area contributed by atoms with E-state index in [1.165, 1.54) is 12.8 Å². The molecule has 0 heterocycles. The molecule has 0 spiro atoms. The van der Waals surface area contributed by atoms with Crippen molar-refractivity contribution in [2.75, 3.05) is 6.61 Å². The van der Waals surface area contributed by atoms with Crippen LogP contribution in [0.25, 0.3) is 0 Å². The zero-order valence-corrected chi connectivity index (χ0v) is 9.95. The first-order chi connectivity index (χ1) is 7.09. The van der Waals surface area contributed by atoms with Crippen molar-refractivity contribution in [3.05, 3.63) is 0 Å². The molecule has 88 valence electrons. The average molecular weight is 212 g/mol. The van der Waals surface area contributed by atoms with E-state index in [2.05, 4.69) is 13.8 Å². The third kappa shape index (κ3) is 1.72. The largest absolute Gasteiger partial charge is 0.396 e. The van der Waals surface area contributed by atoms with Crippen molar-refractivity contribution in [3.63, 3.8) is 0 Å². The minimum absolute atomic E-state index is 0.0837. The molecule has 0 radical (unpaired) electrons.